The van der Waals surface area contributed by atoms with Gasteiger partial charge in [-0.15, -0.1) is 28.3 Å². The van der Waals surface area contributed by atoms with Crippen LogP contribution in [0, 0.1) is 0 Å². The van der Waals surface area contributed by atoms with E-state index in [9.17, 15) is 0 Å². The Morgan fingerprint density at radius 1 is 1.10 bits per heavy atom. The van der Waals surface area contributed by atoms with Crippen molar-refractivity contribution in [1.82, 2.24) is 9.38 Å². The number of aryl methyl sites for hydroxylation is 2. The van der Waals surface area contributed by atoms with Crippen LogP contribution in [-0.4, -0.2) is 9.38 Å². The minimum absolute atomic E-state index is 0. The van der Waals surface area contributed by atoms with E-state index in [1.165, 1.54) is 36.3 Å². The van der Waals surface area contributed by atoms with Crippen molar-refractivity contribution in [2.45, 2.75) is 25.7 Å². The fraction of sp³-hybridized carbons (Fsp3) is 0.267. The number of imidazole rings is 1. The molecule has 0 unspecified atom stereocenters. The first kappa shape index (κ1) is 14.1. The van der Waals surface area contributed by atoms with Gasteiger partial charge in [0, 0.05) is 27.4 Å². The number of hydrogen-bond donors (Lipinski definition) is 0. The van der Waals surface area contributed by atoms with Gasteiger partial charge in [0.05, 0.1) is 5.69 Å². The third-order valence-electron chi connectivity index (χ3n) is 3.71. The Morgan fingerprint density at radius 3 is 2.65 bits per heavy atom. The molecule has 20 heavy (non-hydrogen) atoms. The summed E-state index contributed by atoms with van der Waals surface area (Å²) >= 11 is 7.77. The lowest BCUT2D eigenvalue weighted by atomic mass is 10.0. The van der Waals surface area contributed by atoms with Gasteiger partial charge in [-0.2, -0.15) is 0 Å². The number of halogens is 2. The highest BCUT2D eigenvalue weighted by molar-refractivity contribution is 8.93. The van der Waals surface area contributed by atoms with E-state index in [1.807, 2.05) is 35.6 Å². The van der Waals surface area contributed by atoms with E-state index >= 15 is 0 Å². The third-order valence-corrected chi connectivity index (χ3v) is 5.12. The van der Waals surface area contributed by atoms with E-state index < -0.39 is 0 Å². The highest BCUT2D eigenvalue weighted by Crippen LogP contribution is 2.32. The van der Waals surface area contributed by atoms with Crippen LogP contribution in [0.25, 0.3) is 16.2 Å². The Labute approximate surface area is 137 Å². The molecular weight excluding hydrogens is 356 g/mol. The first-order valence-electron chi connectivity index (χ1n) is 6.57. The Hall–Kier alpha value is -0.840. The molecule has 3 aromatic rings. The van der Waals surface area contributed by atoms with Crippen molar-refractivity contribution >= 4 is 44.9 Å². The molecule has 0 atom stereocenters. The molecule has 1 aliphatic rings. The molecule has 5 heteroatoms. The van der Waals surface area contributed by atoms with E-state index in [4.69, 9.17) is 16.6 Å². The molecule has 0 saturated heterocycles. The van der Waals surface area contributed by atoms with E-state index in [-0.39, 0.29) is 17.0 Å². The number of nitrogens with zero attached hydrogens (tertiary/aromatic N) is 2. The lowest BCUT2D eigenvalue weighted by Gasteiger charge is -2.09. The molecule has 1 aromatic carbocycles. The number of aromatic nitrogens is 2. The SMILES string of the molecule is Br.Clc1ccc(-c2cn3c4c(sc3n2)CCCC4)cc1. The average Bonchev–Trinajstić information content (AvgIpc) is 2.97. The van der Waals surface area contributed by atoms with Crippen LogP contribution in [0.15, 0.2) is 30.5 Å². The van der Waals surface area contributed by atoms with Crippen LogP contribution >= 0.6 is 39.9 Å². The van der Waals surface area contributed by atoms with Crippen molar-refractivity contribution in [2.24, 2.45) is 0 Å². The molecule has 0 radical (unpaired) electrons. The summed E-state index contributed by atoms with van der Waals surface area (Å²) < 4.78 is 2.28. The van der Waals surface area contributed by atoms with E-state index in [1.54, 1.807) is 0 Å². The third kappa shape index (κ3) is 2.30. The van der Waals surface area contributed by atoms with Crippen molar-refractivity contribution in [1.29, 1.82) is 0 Å². The van der Waals surface area contributed by atoms with Crippen molar-refractivity contribution in [3.8, 4) is 11.3 Å². The molecule has 2 aromatic heterocycles. The summed E-state index contributed by atoms with van der Waals surface area (Å²) in [5.41, 5.74) is 3.64. The highest BCUT2D eigenvalue weighted by atomic mass is 79.9. The van der Waals surface area contributed by atoms with Crippen LogP contribution < -0.4 is 0 Å². The number of hydrogen-bond acceptors (Lipinski definition) is 2. The van der Waals surface area contributed by atoms with Crippen molar-refractivity contribution in [2.75, 3.05) is 0 Å². The van der Waals surface area contributed by atoms with Gasteiger partial charge in [-0.3, -0.25) is 4.40 Å². The molecule has 0 aliphatic heterocycles. The first-order chi connectivity index (χ1) is 9.31. The van der Waals surface area contributed by atoms with Gasteiger partial charge in [0.2, 0.25) is 0 Å². The summed E-state index contributed by atoms with van der Waals surface area (Å²) in [5, 5.41) is 0.766. The van der Waals surface area contributed by atoms with Gasteiger partial charge < -0.3 is 0 Å². The molecule has 0 spiro atoms. The maximum atomic E-state index is 5.93. The largest absolute Gasteiger partial charge is 0.294 e. The summed E-state index contributed by atoms with van der Waals surface area (Å²) in [4.78, 5) is 7.40. The summed E-state index contributed by atoms with van der Waals surface area (Å²) in [6, 6.07) is 7.89. The van der Waals surface area contributed by atoms with Gasteiger partial charge in [-0.1, -0.05) is 23.7 Å². The fourth-order valence-corrected chi connectivity index (χ4v) is 4.04. The summed E-state index contributed by atoms with van der Waals surface area (Å²) in [6.45, 7) is 0. The second-order valence-electron chi connectivity index (χ2n) is 4.96. The Kier molecular flexibility index (Phi) is 3.89. The fourth-order valence-electron chi connectivity index (χ4n) is 2.73. The molecule has 0 fully saturated rings. The van der Waals surface area contributed by atoms with Crippen LogP contribution in [0.4, 0.5) is 0 Å². The minimum Gasteiger partial charge on any atom is -0.294 e. The van der Waals surface area contributed by atoms with Crippen molar-refractivity contribution < 1.29 is 0 Å². The van der Waals surface area contributed by atoms with Gasteiger partial charge in [-0.05, 0) is 37.8 Å². The second-order valence-corrected chi connectivity index (χ2v) is 6.46. The zero-order chi connectivity index (χ0) is 12.8. The smallest absolute Gasteiger partial charge is 0.194 e. The van der Waals surface area contributed by atoms with E-state index in [0.717, 1.165) is 21.2 Å². The normalized spacial score (nSPS) is 14.1. The topological polar surface area (TPSA) is 17.3 Å². The monoisotopic (exact) mass is 368 g/mol. The number of thiazole rings is 1. The predicted octanol–water partition coefficient (Wildman–Crippen LogP) is 5.17. The molecular formula is C15H14BrClN2S. The Bertz CT molecular complexity index is 745. The standard InChI is InChI=1S/C15H13ClN2S.BrH/c16-11-7-5-10(6-8-11)12-9-18-13-3-1-2-4-14(13)19-15(18)17-12;/h5-9H,1-4H2;1H. The van der Waals surface area contributed by atoms with Crippen LogP contribution in [-0.2, 0) is 12.8 Å². The summed E-state index contributed by atoms with van der Waals surface area (Å²) in [5.74, 6) is 0. The summed E-state index contributed by atoms with van der Waals surface area (Å²) in [6.07, 6.45) is 7.19. The van der Waals surface area contributed by atoms with Gasteiger partial charge in [-0.25, -0.2) is 4.98 Å². The maximum Gasteiger partial charge on any atom is 0.194 e. The van der Waals surface area contributed by atoms with Gasteiger partial charge in [0.1, 0.15) is 0 Å². The molecule has 0 N–H and O–H groups in total. The molecule has 0 bridgehead atoms. The van der Waals surface area contributed by atoms with Crippen LogP contribution in [0.1, 0.15) is 23.4 Å². The quantitative estimate of drug-likeness (QED) is 0.578. The molecule has 104 valence electrons. The molecule has 2 nitrogen and oxygen atoms in total. The van der Waals surface area contributed by atoms with Crippen LogP contribution in [0.3, 0.4) is 0 Å². The molecule has 0 saturated carbocycles. The van der Waals surface area contributed by atoms with E-state index in [0.29, 0.717) is 0 Å². The molecule has 0 amide bonds. The Morgan fingerprint density at radius 2 is 1.85 bits per heavy atom. The molecule has 1 aliphatic carbocycles. The van der Waals surface area contributed by atoms with Crippen LogP contribution in [0.5, 0.6) is 0 Å². The minimum atomic E-state index is 0. The zero-order valence-corrected chi connectivity index (χ0v) is 14.1. The van der Waals surface area contributed by atoms with E-state index in [2.05, 4.69) is 10.6 Å². The zero-order valence-electron chi connectivity index (χ0n) is 10.8. The molecule has 4 rings (SSSR count). The first-order valence-corrected chi connectivity index (χ1v) is 7.76. The number of fused-ring (bicyclic) bond motifs is 3. The van der Waals surface area contributed by atoms with Crippen LogP contribution in [0.2, 0.25) is 5.02 Å². The van der Waals surface area contributed by atoms with Crippen molar-refractivity contribution in [3.63, 3.8) is 0 Å². The highest BCUT2D eigenvalue weighted by Gasteiger charge is 2.18. The number of rotatable bonds is 1. The maximum absolute atomic E-state index is 5.93. The van der Waals surface area contributed by atoms with Gasteiger partial charge in [0.25, 0.3) is 0 Å². The van der Waals surface area contributed by atoms with Gasteiger partial charge >= 0.3 is 0 Å². The Balaban J connectivity index is 0.00000121. The van der Waals surface area contributed by atoms with Crippen molar-refractivity contribution in [3.05, 3.63) is 46.1 Å². The summed E-state index contributed by atoms with van der Waals surface area (Å²) in [7, 11) is 0. The molecule has 2 heterocycles. The average molecular weight is 370 g/mol. The predicted molar refractivity (Wildman–Crippen MR) is 90.5 cm³/mol. The lowest BCUT2D eigenvalue weighted by Crippen LogP contribution is -2.01. The van der Waals surface area contributed by atoms with Gasteiger partial charge in [0.15, 0.2) is 4.96 Å². The lowest BCUT2D eigenvalue weighted by molar-refractivity contribution is 0.674. The number of benzene rings is 1. The second kappa shape index (κ2) is 5.51.